The van der Waals surface area contributed by atoms with Gasteiger partial charge in [-0.15, -0.1) is 5.10 Å². The van der Waals surface area contributed by atoms with Gasteiger partial charge in [0.2, 0.25) is 6.33 Å². The van der Waals surface area contributed by atoms with Crippen molar-refractivity contribution in [3.05, 3.63) is 38.3 Å². The van der Waals surface area contributed by atoms with Crippen LogP contribution in [-0.4, -0.2) is 26.3 Å². The van der Waals surface area contributed by atoms with Gasteiger partial charge in [-0.2, -0.15) is 5.43 Å². The molecule has 0 unspecified atom stereocenters. The number of nitrogens with one attached hydrogen (secondary N) is 3. The van der Waals surface area contributed by atoms with E-state index in [0.717, 1.165) is 5.43 Å². The molecule has 1 rings (SSSR count). The molecule has 0 fully saturated rings. The van der Waals surface area contributed by atoms with Crippen molar-refractivity contribution >= 4 is 6.03 Å². The second-order valence-electron chi connectivity index (χ2n) is 1.71. The second-order valence-corrected chi connectivity index (χ2v) is 1.71. The third kappa shape index (κ3) is 9.12. The number of amides is 2. The van der Waals surface area contributed by atoms with E-state index in [1.165, 1.54) is 0 Å². The smallest absolute Gasteiger partial charge is 0.270 e. The third-order valence-electron chi connectivity index (χ3n) is 0.721. The van der Waals surface area contributed by atoms with Crippen molar-refractivity contribution in [2.24, 2.45) is 0 Å². The van der Waals surface area contributed by atoms with Gasteiger partial charge >= 0.3 is 0 Å². The molecule has 0 radical (unpaired) electrons. The molecule has 12 heteroatoms. The Balaban J connectivity index is 0.000000322. The molecule has 0 aromatic carbocycles. The predicted octanol–water partition coefficient (Wildman–Crippen LogP) is -1.32. The number of nitrogens with zero attached hydrogens (tertiary/aromatic N) is 4. The van der Waals surface area contributed by atoms with E-state index < -0.39 is 16.1 Å². The van der Waals surface area contributed by atoms with Gasteiger partial charge < -0.3 is 0 Å². The lowest BCUT2D eigenvalue weighted by molar-refractivity contribution is -0.529. The van der Waals surface area contributed by atoms with Crippen molar-refractivity contribution in [1.82, 2.24) is 15.6 Å². The Morgan fingerprint density at radius 3 is 2.47 bits per heavy atom. The summed E-state index contributed by atoms with van der Waals surface area (Å²) in [5.74, 6) is 0. The first kappa shape index (κ1) is 12.2. The Morgan fingerprint density at radius 1 is 1.53 bits per heavy atom. The van der Waals surface area contributed by atoms with Gasteiger partial charge in [0.1, 0.15) is 0 Å². The lowest BCUT2D eigenvalue weighted by Crippen LogP contribution is -2.28. The third-order valence-corrected chi connectivity index (χ3v) is 0.721. The van der Waals surface area contributed by atoms with E-state index in [1.807, 2.05) is 5.43 Å². The average molecular weight is 219 g/mol. The molecule has 1 heterocycles. The first-order valence-electron chi connectivity index (χ1n) is 3.18. The van der Waals surface area contributed by atoms with Crippen LogP contribution in [0.5, 0.6) is 0 Å². The second kappa shape index (κ2) is 6.70. The van der Waals surface area contributed by atoms with E-state index in [4.69, 9.17) is 0 Å². The van der Waals surface area contributed by atoms with Crippen LogP contribution in [0.15, 0.2) is 12.7 Å². The molecule has 82 valence electrons. The Morgan fingerprint density at radius 2 is 2.20 bits per heavy atom. The first-order chi connectivity index (χ1) is 7.02. The highest BCUT2D eigenvalue weighted by Gasteiger charge is 2.00. The van der Waals surface area contributed by atoms with Crippen LogP contribution in [0.1, 0.15) is 0 Å². The van der Waals surface area contributed by atoms with E-state index in [9.17, 15) is 25.0 Å². The predicted molar refractivity (Wildman–Crippen MR) is 41.0 cm³/mol. The highest BCUT2D eigenvalue weighted by Crippen LogP contribution is 1.85. The average Bonchev–Trinajstić information content (AvgIpc) is 2.55. The van der Waals surface area contributed by atoms with E-state index in [1.54, 1.807) is 12.7 Å². The van der Waals surface area contributed by atoms with Crippen LogP contribution >= 0.6 is 0 Å². The Kier molecular flexibility index (Phi) is 5.45. The maximum atomic E-state index is 9.90. The maximum Gasteiger partial charge on any atom is 0.270 e. The summed E-state index contributed by atoms with van der Waals surface area (Å²) >= 11 is 0. The summed E-state index contributed by atoms with van der Waals surface area (Å²) in [5, 5.41) is 22.3. The molecule has 0 aliphatic carbocycles. The zero-order valence-corrected chi connectivity index (χ0v) is 6.98. The van der Waals surface area contributed by atoms with Crippen molar-refractivity contribution in [2.45, 2.75) is 0 Å². The standard InChI is InChI=1S/C2H3N3.CH2N4O5/c1-3-2-5-4-1;6-1(2-4(7)8)3-5(9)10/h1-2H,(H,3,4,5);(H2,2,3,6). The maximum absolute atomic E-state index is 9.90. The molecule has 1 aromatic rings. The number of H-pyrrole nitrogens is 2. The van der Waals surface area contributed by atoms with Gasteiger partial charge in [-0.1, -0.05) is 5.43 Å². The number of hydrogen-bond acceptors (Lipinski definition) is 6. The van der Waals surface area contributed by atoms with Crippen LogP contribution in [0.25, 0.3) is 5.43 Å². The largest absolute Gasteiger partial charge is 0.288 e. The van der Waals surface area contributed by atoms with Crippen molar-refractivity contribution in [3.63, 3.8) is 0 Å². The fourth-order valence-electron chi connectivity index (χ4n) is 0.361. The Labute approximate surface area is 80.9 Å². The lowest BCUT2D eigenvalue weighted by atomic mass is 11.1. The summed E-state index contributed by atoms with van der Waals surface area (Å²) in [6.45, 7) is 0. The Hall–Kier alpha value is -2.79. The number of aromatic amines is 2. The number of hydrogen-bond donors (Lipinski definition) is 2. The fourth-order valence-corrected chi connectivity index (χ4v) is 0.361. The van der Waals surface area contributed by atoms with Crippen molar-refractivity contribution in [2.75, 3.05) is 0 Å². The zero-order chi connectivity index (χ0) is 11.7. The van der Waals surface area contributed by atoms with Crippen LogP contribution < -0.4 is 10.4 Å². The normalized spacial score (nSPS) is 8.00. The van der Waals surface area contributed by atoms with Gasteiger partial charge in [0, 0.05) is 5.10 Å². The number of carbonyl (C=O) groups is 1. The van der Waals surface area contributed by atoms with Gasteiger partial charge in [-0.3, -0.25) is 30.0 Å². The molecule has 0 saturated carbocycles. The van der Waals surface area contributed by atoms with E-state index in [0.29, 0.717) is 0 Å². The molecule has 0 bridgehead atoms. The Bertz CT molecular complexity index is 286. The minimum atomic E-state index is -1.62. The molecule has 0 saturated heterocycles. The van der Waals surface area contributed by atoms with Gasteiger partial charge in [0.05, 0.1) is 10.1 Å². The minimum absolute atomic E-state index is 0.949. The summed E-state index contributed by atoms with van der Waals surface area (Å²) in [6, 6.07) is -1.62. The number of hydrazine groups is 1. The molecule has 12 nitrogen and oxygen atoms in total. The zero-order valence-electron chi connectivity index (χ0n) is 6.98. The van der Waals surface area contributed by atoms with Gasteiger partial charge in [0.15, 0.2) is 0 Å². The van der Waals surface area contributed by atoms with E-state index in [2.05, 4.69) is 15.2 Å². The van der Waals surface area contributed by atoms with Crippen LogP contribution in [-0.2, 0) is 0 Å². The highest BCUT2D eigenvalue weighted by atomic mass is 16.7. The van der Waals surface area contributed by atoms with Gasteiger partial charge in [0.25, 0.3) is 12.4 Å². The SMILES string of the molecule is O=C([N-][N+](=O)[O-])N[N+](=O)[O-].c1n[nH]c[nH+]1. The molecule has 2 amide bonds. The molecule has 15 heavy (non-hydrogen) atoms. The summed E-state index contributed by atoms with van der Waals surface area (Å²) in [5.41, 5.74) is 3.00. The van der Waals surface area contributed by atoms with Crippen LogP contribution in [0.3, 0.4) is 0 Å². The quantitative estimate of drug-likeness (QED) is 0.460. The molecule has 0 aliphatic rings. The van der Waals surface area contributed by atoms with Crippen LogP contribution in [0.4, 0.5) is 4.79 Å². The topological polar surface area (TPSA) is 172 Å². The summed E-state index contributed by atoms with van der Waals surface area (Å²) in [6.07, 6.45) is 3.21. The van der Waals surface area contributed by atoms with Crippen LogP contribution in [0.2, 0.25) is 0 Å². The lowest BCUT2D eigenvalue weighted by Gasteiger charge is -1.98. The minimum Gasteiger partial charge on any atom is -0.288 e. The summed E-state index contributed by atoms with van der Waals surface area (Å²) in [4.78, 5) is 31.3. The van der Waals surface area contributed by atoms with E-state index in [-0.39, 0.29) is 0 Å². The van der Waals surface area contributed by atoms with E-state index >= 15 is 0 Å². The van der Waals surface area contributed by atoms with Crippen molar-refractivity contribution in [1.29, 1.82) is 0 Å². The molecule has 0 atom stereocenters. The van der Waals surface area contributed by atoms with Gasteiger partial charge in [-0.25, -0.2) is 0 Å². The molecule has 0 spiro atoms. The molecule has 1 aromatic heterocycles. The highest BCUT2D eigenvalue weighted by molar-refractivity contribution is 5.83. The number of nitro groups is 2. The number of rotatable bonds is 2. The fraction of sp³-hybridized carbons (Fsp3) is 0. The van der Waals surface area contributed by atoms with Crippen molar-refractivity contribution < 1.29 is 19.8 Å². The summed E-state index contributed by atoms with van der Waals surface area (Å²) in [7, 11) is 0. The molecular formula is C3H5N7O5. The number of carbonyl (C=O) groups excluding carboxylic acids is 1. The first-order valence-corrected chi connectivity index (χ1v) is 3.18. The number of aromatic nitrogens is 3. The van der Waals surface area contributed by atoms with Crippen molar-refractivity contribution in [3.8, 4) is 0 Å². The summed E-state index contributed by atoms with van der Waals surface area (Å²) < 4.78 is 0. The molecule has 0 aliphatic heterocycles. The molecule has 3 N–H and O–H groups in total. The monoisotopic (exact) mass is 219 g/mol. The number of urea groups is 1. The van der Waals surface area contributed by atoms with Crippen LogP contribution in [0, 0.1) is 20.2 Å². The van der Waals surface area contributed by atoms with Gasteiger partial charge in [-0.05, 0) is 0 Å². The molecular weight excluding hydrogens is 214 g/mol.